The molecule has 0 aliphatic carbocycles. The van der Waals surface area contributed by atoms with Crippen molar-refractivity contribution < 1.29 is 9.47 Å². The lowest BCUT2D eigenvalue weighted by Crippen LogP contribution is -2.21. The molecule has 4 heteroatoms. The van der Waals surface area contributed by atoms with Gasteiger partial charge in [0, 0.05) is 31.1 Å². The first kappa shape index (κ1) is 19.6. The van der Waals surface area contributed by atoms with Gasteiger partial charge in [-0.05, 0) is 36.3 Å². The van der Waals surface area contributed by atoms with Gasteiger partial charge in [-0.25, -0.2) is 0 Å². The number of para-hydroxylation sites is 1. The van der Waals surface area contributed by atoms with Crippen LogP contribution in [0.3, 0.4) is 0 Å². The number of nitrogens with zero attached hydrogens (tertiary/aromatic N) is 1. The summed E-state index contributed by atoms with van der Waals surface area (Å²) in [6, 6.07) is 14.9. The lowest BCUT2D eigenvalue weighted by molar-refractivity contribution is 0.0500. The molecule has 0 aliphatic heterocycles. The lowest BCUT2D eigenvalue weighted by Gasteiger charge is -2.31. The minimum atomic E-state index is -0.00404. The Bertz CT molecular complexity index is 730. The summed E-state index contributed by atoms with van der Waals surface area (Å²) in [5, 5.41) is 1.33. The predicted molar refractivity (Wildman–Crippen MR) is 109 cm³/mol. The molecule has 2 rings (SSSR count). The molecular formula is C21H28NO2P. The maximum atomic E-state index is 5.82. The second-order valence-corrected chi connectivity index (χ2v) is 8.23. The van der Waals surface area contributed by atoms with E-state index in [0.29, 0.717) is 8.58 Å². The maximum absolute atomic E-state index is 5.82. The van der Waals surface area contributed by atoms with Gasteiger partial charge in [0.25, 0.3) is 0 Å². The smallest absolute Gasteiger partial charge is 0.188 e. The van der Waals surface area contributed by atoms with Gasteiger partial charge < -0.3 is 9.47 Å². The quantitative estimate of drug-likeness (QED) is 0.391. The van der Waals surface area contributed by atoms with Crippen molar-refractivity contribution >= 4 is 20.1 Å². The first-order valence-corrected chi connectivity index (χ1v) is 9.56. The van der Waals surface area contributed by atoms with Crippen LogP contribution in [0.2, 0.25) is 0 Å². The number of aryl methyl sites for hydroxylation is 1. The van der Waals surface area contributed by atoms with E-state index in [0.717, 1.165) is 12.2 Å². The largest absolute Gasteiger partial charge is 0.467 e. The van der Waals surface area contributed by atoms with Crippen molar-refractivity contribution in [2.24, 2.45) is 4.99 Å². The summed E-state index contributed by atoms with van der Waals surface area (Å²) >= 11 is 0. The number of aliphatic imine (C=N–C) groups is 1. The van der Waals surface area contributed by atoms with E-state index in [1.54, 1.807) is 7.11 Å². The summed E-state index contributed by atoms with van der Waals surface area (Å²) in [5.74, 6) is 0.902. The van der Waals surface area contributed by atoms with E-state index >= 15 is 0 Å². The molecule has 0 N–H and O–H groups in total. The Morgan fingerprint density at radius 1 is 1.20 bits per heavy atom. The molecule has 0 amide bonds. The highest BCUT2D eigenvalue weighted by molar-refractivity contribution is 7.48. The third-order valence-corrected chi connectivity index (χ3v) is 6.31. The Labute approximate surface area is 153 Å². The minimum Gasteiger partial charge on any atom is -0.467 e. The van der Waals surface area contributed by atoms with Crippen molar-refractivity contribution in [2.45, 2.75) is 32.3 Å². The second-order valence-electron chi connectivity index (χ2n) is 6.34. The summed E-state index contributed by atoms with van der Waals surface area (Å²) in [6.07, 6.45) is 2.98. The number of hydrogen-bond donors (Lipinski definition) is 0. The topological polar surface area (TPSA) is 30.8 Å². The van der Waals surface area contributed by atoms with Crippen molar-refractivity contribution in [3.05, 3.63) is 59.2 Å². The Kier molecular flexibility index (Phi) is 7.16. The lowest BCUT2D eigenvalue weighted by atomic mass is 9.96. The van der Waals surface area contributed by atoms with Crippen molar-refractivity contribution in [1.82, 2.24) is 0 Å². The fraction of sp³-hybridized carbons (Fsp3) is 0.381. The fourth-order valence-corrected chi connectivity index (χ4v) is 4.42. The van der Waals surface area contributed by atoms with Crippen LogP contribution in [0.5, 0.6) is 5.75 Å². The van der Waals surface area contributed by atoms with Crippen molar-refractivity contribution in [2.75, 3.05) is 21.0 Å². The zero-order valence-electron chi connectivity index (χ0n) is 15.8. The van der Waals surface area contributed by atoms with Crippen molar-refractivity contribution in [3.8, 4) is 5.75 Å². The fourth-order valence-electron chi connectivity index (χ4n) is 2.86. The van der Waals surface area contributed by atoms with Crippen LogP contribution in [0.25, 0.3) is 0 Å². The van der Waals surface area contributed by atoms with Gasteiger partial charge in [0.2, 0.25) is 0 Å². The molecule has 2 aromatic rings. The molecule has 0 aliphatic rings. The molecule has 2 aromatic carbocycles. The Balaban J connectivity index is 2.42. The van der Waals surface area contributed by atoms with E-state index in [1.165, 1.54) is 22.0 Å². The van der Waals surface area contributed by atoms with Gasteiger partial charge in [0.05, 0.1) is 0 Å². The van der Waals surface area contributed by atoms with Crippen molar-refractivity contribution in [1.29, 1.82) is 0 Å². The molecule has 0 fully saturated rings. The van der Waals surface area contributed by atoms with Crippen LogP contribution in [-0.4, -0.2) is 27.2 Å². The maximum Gasteiger partial charge on any atom is 0.188 e. The van der Waals surface area contributed by atoms with Crippen LogP contribution >= 0.6 is 8.58 Å². The third kappa shape index (κ3) is 4.90. The zero-order valence-corrected chi connectivity index (χ0v) is 16.8. The van der Waals surface area contributed by atoms with E-state index in [9.17, 15) is 0 Å². The summed E-state index contributed by atoms with van der Waals surface area (Å²) in [7, 11) is 4.09. The van der Waals surface area contributed by atoms with Crippen LogP contribution in [-0.2, 0) is 9.89 Å². The highest BCUT2D eigenvalue weighted by atomic mass is 31.1. The van der Waals surface area contributed by atoms with Gasteiger partial charge in [-0.1, -0.05) is 58.3 Å². The number of benzene rings is 2. The average Bonchev–Trinajstić information content (AvgIpc) is 2.62. The van der Waals surface area contributed by atoms with E-state index in [2.05, 4.69) is 56.1 Å². The van der Waals surface area contributed by atoms with Crippen molar-refractivity contribution in [3.63, 3.8) is 0 Å². The second kappa shape index (κ2) is 9.12. The van der Waals surface area contributed by atoms with Gasteiger partial charge in [-0.15, -0.1) is 0 Å². The van der Waals surface area contributed by atoms with Crippen LogP contribution < -0.4 is 10.0 Å². The third-order valence-electron chi connectivity index (χ3n) is 4.41. The van der Waals surface area contributed by atoms with E-state index in [4.69, 9.17) is 9.47 Å². The minimum absolute atomic E-state index is 0.00404. The van der Waals surface area contributed by atoms with Crippen LogP contribution in [0, 0.1) is 6.92 Å². The SMILES string of the molecule is CCC(C)(Pc1ccc(C)cc1/C=N/C)c1ccccc1OCOC. The number of hydrogen-bond acceptors (Lipinski definition) is 3. The van der Waals surface area contributed by atoms with Gasteiger partial charge in [-0.2, -0.15) is 0 Å². The number of rotatable bonds is 8. The normalized spacial score (nSPS) is 14.3. The Morgan fingerprint density at radius 2 is 1.96 bits per heavy atom. The summed E-state index contributed by atoms with van der Waals surface area (Å²) in [4.78, 5) is 4.23. The first-order valence-electron chi connectivity index (χ1n) is 8.56. The number of methoxy groups -OCH3 is 1. The molecular weight excluding hydrogens is 329 g/mol. The molecule has 134 valence electrons. The molecule has 3 nitrogen and oxygen atoms in total. The number of ether oxygens (including phenoxy) is 2. The Hall–Kier alpha value is -1.70. The molecule has 0 bridgehead atoms. The molecule has 0 heterocycles. The predicted octanol–water partition coefficient (Wildman–Crippen LogP) is 4.66. The van der Waals surface area contributed by atoms with E-state index in [-0.39, 0.29) is 11.9 Å². The van der Waals surface area contributed by atoms with Gasteiger partial charge in [0.1, 0.15) is 5.75 Å². The Morgan fingerprint density at radius 3 is 2.64 bits per heavy atom. The first-order chi connectivity index (χ1) is 12.0. The highest BCUT2D eigenvalue weighted by Gasteiger charge is 2.29. The summed E-state index contributed by atoms with van der Waals surface area (Å²) in [5.41, 5.74) is 3.69. The standard InChI is InChI=1S/C21H28NO2P/c1-6-21(3,18-9-7-8-10-19(18)24-15-23-5)25-20-12-11-16(2)13-17(20)14-22-4/h7-14,25H,6,15H2,1-5H3/b22-14+. The van der Waals surface area contributed by atoms with Gasteiger partial charge >= 0.3 is 0 Å². The van der Waals surface area contributed by atoms with E-state index < -0.39 is 0 Å². The highest BCUT2D eigenvalue weighted by Crippen LogP contribution is 2.47. The molecule has 25 heavy (non-hydrogen) atoms. The van der Waals surface area contributed by atoms with Crippen LogP contribution in [0.15, 0.2) is 47.5 Å². The molecule has 0 saturated heterocycles. The summed E-state index contributed by atoms with van der Waals surface area (Å²) < 4.78 is 10.9. The zero-order chi connectivity index (χ0) is 18.3. The molecule has 0 radical (unpaired) electrons. The monoisotopic (exact) mass is 357 g/mol. The molecule has 2 unspecified atom stereocenters. The van der Waals surface area contributed by atoms with E-state index in [1.807, 2.05) is 25.4 Å². The molecule has 0 saturated carbocycles. The summed E-state index contributed by atoms with van der Waals surface area (Å²) in [6.45, 7) is 6.93. The molecule has 2 atom stereocenters. The van der Waals surface area contributed by atoms with Gasteiger partial charge in [0.15, 0.2) is 6.79 Å². The molecule has 0 spiro atoms. The van der Waals surface area contributed by atoms with Gasteiger partial charge in [-0.3, -0.25) is 4.99 Å². The van der Waals surface area contributed by atoms with Crippen LogP contribution in [0.1, 0.15) is 37.0 Å². The van der Waals surface area contributed by atoms with Crippen LogP contribution in [0.4, 0.5) is 0 Å². The molecule has 0 aromatic heterocycles. The average molecular weight is 357 g/mol.